The summed E-state index contributed by atoms with van der Waals surface area (Å²) >= 11 is 5.85. The average Bonchev–Trinajstić information content (AvgIpc) is 2.03. The number of rotatable bonds is 6. The van der Waals surface area contributed by atoms with Crippen molar-refractivity contribution in [2.75, 3.05) is 26.1 Å². The Morgan fingerprint density at radius 1 is 1.38 bits per heavy atom. The third kappa shape index (κ3) is 5.50. The number of alkyl halides is 1. The highest BCUT2D eigenvalue weighted by atomic mass is 35.5. The predicted molar refractivity (Wildman–Crippen MR) is 58.5 cm³/mol. The van der Waals surface area contributed by atoms with Crippen molar-refractivity contribution in [1.82, 2.24) is 4.90 Å². The van der Waals surface area contributed by atoms with Crippen LogP contribution >= 0.6 is 11.6 Å². The van der Waals surface area contributed by atoms with E-state index < -0.39 is 0 Å². The summed E-state index contributed by atoms with van der Waals surface area (Å²) in [5.41, 5.74) is 0.0574. The van der Waals surface area contributed by atoms with Crippen LogP contribution in [0.4, 0.5) is 0 Å². The van der Waals surface area contributed by atoms with Crippen LogP contribution in [0.1, 0.15) is 27.7 Å². The van der Waals surface area contributed by atoms with Gasteiger partial charge in [-0.3, -0.25) is 4.90 Å². The highest BCUT2D eigenvalue weighted by Gasteiger charge is 2.21. The molecule has 0 aliphatic carbocycles. The summed E-state index contributed by atoms with van der Waals surface area (Å²) in [6, 6.07) is 0. The standard InChI is InChI=1S/C10H22ClNO/c1-9(2)13-7-6-12(5)10(3,4)8-11/h9H,6-8H2,1-5H3. The molecule has 3 heteroatoms. The minimum atomic E-state index is 0.0574. The van der Waals surface area contributed by atoms with Crippen molar-refractivity contribution in [2.45, 2.75) is 39.3 Å². The molecule has 0 radical (unpaired) electrons. The molecule has 0 aliphatic heterocycles. The molecular weight excluding hydrogens is 186 g/mol. The Morgan fingerprint density at radius 3 is 2.31 bits per heavy atom. The van der Waals surface area contributed by atoms with Gasteiger partial charge in [0.25, 0.3) is 0 Å². The van der Waals surface area contributed by atoms with E-state index in [-0.39, 0.29) is 5.54 Å². The van der Waals surface area contributed by atoms with E-state index in [0.717, 1.165) is 13.2 Å². The Balaban J connectivity index is 3.68. The van der Waals surface area contributed by atoms with Gasteiger partial charge in [-0.25, -0.2) is 0 Å². The molecule has 0 saturated heterocycles. The van der Waals surface area contributed by atoms with Crippen molar-refractivity contribution in [2.24, 2.45) is 0 Å². The minimum Gasteiger partial charge on any atom is -0.377 e. The SMILES string of the molecule is CC(C)OCCN(C)C(C)(C)CCl. The van der Waals surface area contributed by atoms with Gasteiger partial charge >= 0.3 is 0 Å². The van der Waals surface area contributed by atoms with Gasteiger partial charge in [-0.05, 0) is 34.7 Å². The van der Waals surface area contributed by atoms with E-state index in [9.17, 15) is 0 Å². The molecule has 0 N–H and O–H groups in total. The molecule has 80 valence electrons. The molecule has 0 unspecified atom stereocenters. The predicted octanol–water partition coefficient (Wildman–Crippen LogP) is 2.36. The van der Waals surface area contributed by atoms with Gasteiger partial charge < -0.3 is 4.74 Å². The van der Waals surface area contributed by atoms with E-state index in [1.54, 1.807) is 0 Å². The monoisotopic (exact) mass is 207 g/mol. The highest BCUT2D eigenvalue weighted by molar-refractivity contribution is 6.18. The topological polar surface area (TPSA) is 12.5 Å². The largest absolute Gasteiger partial charge is 0.377 e. The summed E-state index contributed by atoms with van der Waals surface area (Å²) in [5.74, 6) is 0.644. The van der Waals surface area contributed by atoms with Crippen LogP contribution in [0.3, 0.4) is 0 Å². The molecule has 0 amide bonds. The quantitative estimate of drug-likeness (QED) is 0.621. The summed E-state index contributed by atoms with van der Waals surface area (Å²) in [7, 11) is 2.08. The first-order valence-electron chi connectivity index (χ1n) is 4.79. The molecule has 2 nitrogen and oxygen atoms in total. The van der Waals surface area contributed by atoms with Crippen LogP contribution < -0.4 is 0 Å². The Kier molecular flexibility index (Phi) is 5.93. The smallest absolute Gasteiger partial charge is 0.0597 e. The van der Waals surface area contributed by atoms with E-state index in [0.29, 0.717) is 12.0 Å². The van der Waals surface area contributed by atoms with Crippen molar-refractivity contribution >= 4 is 11.6 Å². The molecule has 0 aromatic carbocycles. The second-order valence-electron chi connectivity index (χ2n) is 4.29. The molecule has 0 rings (SSSR count). The molecule has 0 aliphatic rings. The van der Waals surface area contributed by atoms with Crippen molar-refractivity contribution < 1.29 is 4.74 Å². The third-order valence-electron chi connectivity index (χ3n) is 2.24. The van der Waals surface area contributed by atoms with Gasteiger partial charge in [-0.15, -0.1) is 11.6 Å². The lowest BCUT2D eigenvalue weighted by Gasteiger charge is -2.33. The summed E-state index contributed by atoms with van der Waals surface area (Å²) in [5, 5.41) is 0. The normalized spacial score (nSPS) is 12.9. The number of hydrogen-bond donors (Lipinski definition) is 0. The molecule has 13 heavy (non-hydrogen) atoms. The van der Waals surface area contributed by atoms with Gasteiger partial charge in [-0.1, -0.05) is 0 Å². The Labute approximate surface area is 87.2 Å². The van der Waals surface area contributed by atoms with Gasteiger partial charge in [0.05, 0.1) is 12.7 Å². The fourth-order valence-electron chi connectivity index (χ4n) is 0.830. The van der Waals surface area contributed by atoms with Crippen LogP contribution in [0.2, 0.25) is 0 Å². The van der Waals surface area contributed by atoms with Crippen LogP contribution in [0.15, 0.2) is 0 Å². The zero-order chi connectivity index (χ0) is 10.5. The van der Waals surface area contributed by atoms with Crippen LogP contribution in [0.25, 0.3) is 0 Å². The highest BCUT2D eigenvalue weighted by Crippen LogP contribution is 2.13. The fraction of sp³-hybridized carbons (Fsp3) is 1.00. The number of ether oxygens (including phenoxy) is 1. The number of nitrogens with zero attached hydrogens (tertiary/aromatic N) is 1. The van der Waals surface area contributed by atoms with Crippen molar-refractivity contribution in [3.05, 3.63) is 0 Å². The maximum Gasteiger partial charge on any atom is 0.0597 e. The molecular formula is C10H22ClNO. The van der Waals surface area contributed by atoms with Crippen molar-refractivity contribution in [3.63, 3.8) is 0 Å². The van der Waals surface area contributed by atoms with E-state index in [1.165, 1.54) is 0 Å². The lowest BCUT2D eigenvalue weighted by molar-refractivity contribution is 0.0462. The first-order chi connectivity index (χ1) is 5.90. The summed E-state index contributed by atoms with van der Waals surface area (Å²) in [6.45, 7) is 10.1. The molecule has 0 aromatic heterocycles. The van der Waals surface area contributed by atoms with Gasteiger partial charge in [0.1, 0.15) is 0 Å². The zero-order valence-electron chi connectivity index (χ0n) is 9.43. The third-order valence-corrected chi connectivity index (χ3v) is 2.89. The fourth-order valence-corrected chi connectivity index (χ4v) is 1.03. The Hall–Kier alpha value is 0.210. The van der Waals surface area contributed by atoms with Crippen LogP contribution in [-0.4, -0.2) is 42.6 Å². The summed E-state index contributed by atoms with van der Waals surface area (Å²) < 4.78 is 5.47. The molecule has 0 heterocycles. The van der Waals surface area contributed by atoms with Crippen LogP contribution in [-0.2, 0) is 4.74 Å². The van der Waals surface area contributed by atoms with Gasteiger partial charge in [0.2, 0.25) is 0 Å². The summed E-state index contributed by atoms with van der Waals surface area (Å²) in [6.07, 6.45) is 0.313. The first kappa shape index (κ1) is 13.2. The Morgan fingerprint density at radius 2 is 1.92 bits per heavy atom. The van der Waals surface area contributed by atoms with Gasteiger partial charge in [0.15, 0.2) is 0 Å². The van der Waals surface area contributed by atoms with Crippen LogP contribution in [0, 0.1) is 0 Å². The maximum atomic E-state index is 5.85. The van der Waals surface area contributed by atoms with E-state index in [4.69, 9.17) is 16.3 Å². The minimum absolute atomic E-state index is 0.0574. The molecule has 0 fully saturated rings. The molecule has 0 bridgehead atoms. The lowest BCUT2D eigenvalue weighted by Crippen LogP contribution is -2.44. The second-order valence-corrected chi connectivity index (χ2v) is 4.55. The van der Waals surface area contributed by atoms with Crippen molar-refractivity contribution in [3.8, 4) is 0 Å². The van der Waals surface area contributed by atoms with Gasteiger partial charge in [0, 0.05) is 18.0 Å². The van der Waals surface area contributed by atoms with E-state index in [1.807, 2.05) is 13.8 Å². The molecule has 0 saturated carbocycles. The number of halogens is 1. The van der Waals surface area contributed by atoms with E-state index >= 15 is 0 Å². The number of likely N-dealkylation sites (N-methyl/N-ethyl adjacent to an activating group) is 1. The van der Waals surface area contributed by atoms with Gasteiger partial charge in [-0.2, -0.15) is 0 Å². The van der Waals surface area contributed by atoms with Crippen LogP contribution in [0.5, 0.6) is 0 Å². The first-order valence-corrected chi connectivity index (χ1v) is 5.32. The zero-order valence-corrected chi connectivity index (χ0v) is 10.2. The number of hydrogen-bond acceptors (Lipinski definition) is 2. The average molecular weight is 208 g/mol. The van der Waals surface area contributed by atoms with Crippen molar-refractivity contribution in [1.29, 1.82) is 0 Å². The second kappa shape index (κ2) is 5.84. The lowest BCUT2D eigenvalue weighted by atomic mass is 10.1. The van der Waals surface area contributed by atoms with E-state index in [2.05, 4.69) is 25.8 Å². The molecule has 0 atom stereocenters. The summed E-state index contributed by atoms with van der Waals surface area (Å²) in [4.78, 5) is 2.22. The maximum absolute atomic E-state index is 5.85. The molecule has 0 spiro atoms. The Bertz CT molecular complexity index is 137. The molecule has 0 aromatic rings.